The van der Waals surface area contributed by atoms with Crippen molar-refractivity contribution in [1.29, 1.82) is 0 Å². The third-order valence-corrected chi connectivity index (χ3v) is 5.36. The van der Waals surface area contributed by atoms with Gasteiger partial charge in [0.05, 0.1) is 0 Å². The van der Waals surface area contributed by atoms with E-state index in [0.717, 1.165) is 5.56 Å². The first-order chi connectivity index (χ1) is 14.0. The van der Waals surface area contributed by atoms with E-state index in [1.807, 2.05) is 30.3 Å². The number of rotatable bonds is 7. The fourth-order valence-corrected chi connectivity index (χ4v) is 3.64. The van der Waals surface area contributed by atoms with Gasteiger partial charge in [0.25, 0.3) is 0 Å². The lowest BCUT2D eigenvalue weighted by Gasteiger charge is -2.32. The number of nitrogens with zero attached hydrogens (tertiary/aromatic N) is 1. The quantitative estimate of drug-likeness (QED) is 0.756. The highest BCUT2D eigenvalue weighted by Gasteiger charge is 2.30. The van der Waals surface area contributed by atoms with Crippen LogP contribution in [0.2, 0.25) is 0 Å². The van der Waals surface area contributed by atoms with E-state index in [2.05, 4.69) is 5.32 Å². The molecule has 1 aliphatic heterocycles. The molecule has 2 amide bonds. The Morgan fingerprint density at radius 3 is 2.14 bits per heavy atom. The van der Waals surface area contributed by atoms with Crippen LogP contribution in [0.5, 0.6) is 0 Å². The molecular formula is C23H26N2O4. The van der Waals surface area contributed by atoms with Crippen molar-refractivity contribution in [3.05, 3.63) is 71.8 Å². The van der Waals surface area contributed by atoms with Gasteiger partial charge in [-0.2, -0.15) is 0 Å². The van der Waals surface area contributed by atoms with Gasteiger partial charge in [-0.3, -0.25) is 9.59 Å². The van der Waals surface area contributed by atoms with Crippen LogP contribution in [0.3, 0.4) is 0 Å². The molecule has 0 aliphatic carbocycles. The molecule has 3 rings (SSSR count). The van der Waals surface area contributed by atoms with Gasteiger partial charge in [0, 0.05) is 25.4 Å². The summed E-state index contributed by atoms with van der Waals surface area (Å²) in [5, 5.41) is 12.1. The molecule has 152 valence electrons. The minimum atomic E-state index is -1.09. The minimum absolute atomic E-state index is 0.0976. The number of aliphatic carboxylic acids is 1. The number of benzene rings is 2. The van der Waals surface area contributed by atoms with Crippen LogP contribution >= 0.6 is 0 Å². The van der Waals surface area contributed by atoms with Crippen molar-refractivity contribution in [2.45, 2.75) is 31.7 Å². The van der Waals surface area contributed by atoms with Crippen molar-refractivity contribution in [2.75, 3.05) is 13.1 Å². The number of aryl methyl sites for hydroxylation is 1. The number of piperidine rings is 1. The lowest BCUT2D eigenvalue weighted by atomic mass is 9.94. The Hall–Kier alpha value is -3.15. The minimum Gasteiger partial charge on any atom is -0.479 e. The first-order valence-corrected chi connectivity index (χ1v) is 9.94. The molecule has 1 atom stereocenters. The molecule has 29 heavy (non-hydrogen) atoms. The van der Waals surface area contributed by atoms with E-state index in [-0.39, 0.29) is 17.7 Å². The third kappa shape index (κ3) is 5.67. The molecule has 0 spiro atoms. The molecule has 6 nitrogen and oxygen atoms in total. The van der Waals surface area contributed by atoms with Crippen molar-refractivity contribution in [1.82, 2.24) is 10.2 Å². The number of hydrogen-bond acceptors (Lipinski definition) is 3. The Labute approximate surface area is 170 Å². The smallest absolute Gasteiger partial charge is 0.330 e. The number of carboxylic acid groups (broad SMARTS) is 1. The fourth-order valence-electron chi connectivity index (χ4n) is 3.64. The van der Waals surface area contributed by atoms with Crippen LogP contribution in [0, 0.1) is 5.92 Å². The van der Waals surface area contributed by atoms with E-state index in [1.54, 1.807) is 35.2 Å². The lowest BCUT2D eigenvalue weighted by Crippen LogP contribution is -2.44. The standard InChI is InChI=1S/C23H26N2O4/c26-20(12-11-17-7-3-1-4-8-17)25-15-13-19(14-16-25)22(27)24-21(23(28)29)18-9-5-2-6-10-18/h1-10,19,21H,11-16H2,(H,24,27)(H,28,29)/t21-/m1/s1. The lowest BCUT2D eigenvalue weighted by molar-refractivity contribution is -0.143. The molecule has 0 aromatic heterocycles. The second kappa shape index (κ2) is 9.87. The molecule has 1 heterocycles. The highest BCUT2D eigenvalue weighted by molar-refractivity contribution is 5.86. The SMILES string of the molecule is O=C(N[C@@H](C(=O)O)c1ccccc1)C1CCN(C(=O)CCc2ccccc2)CC1. The monoisotopic (exact) mass is 394 g/mol. The topological polar surface area (TPSA) is 86.7 Å². The van der Waals surface area contributed by atoms with Crippen molar-refractivity contribution >= 4 is 17.8 Å². The van der Waals surface area contributed by atoms with Gasteiger partial charge in [0.15, 0.2) is 6.04 Å². The van der Waals surface area contributed by atoms with Gasteiger partial charge >= 0.3 is 5.97 Å². The summed E-state index contributed by atoms with van der Waals surface area (Å²) in [6.45, 7) is 1.05. The average molecular weight is 394 g/mol. The van der Waals surface area contributed by atoms with E-state index in [9.17, 15) is 19.5 Å². The van der Waals surface area contributed by atoms with Crippen LogP contribution in [0.4, 0.5) is 0 Å². The predicted octanol–water partition coefficient (Wildman–Crippen LogP) is 2.80. The largest absolute Gasteiger partial charge is 0.479 e. The maximum Gasteiger partial charge on any atom is 0.330 e. The number of likely N-dealkylation sites (tertiary alicyclic amines) is 1. The zero-order valence-corrected chi connectivity index (χ0v) is 16.3. The Balaban J connectivity index is 1.48. The second-order valence-corrected chi connectivity index (χ2v) is 7.33. The zero-order chi connectivity index (χ0) is 20.6. The highest BCUT2D eigenvalue weighted by atomic mass is 16.4. The number of amides is 2. The van der Waals surface area contributed by atoms with Gasteiger partial charge in [-0.25, -0.2) is 4.79 Å². The zero-order valence-electron chi connectivity index (χ0n) is 16.3. The normalized spacial score (nSPS) is 15.5. The Bertz CT molecular complexity index is 830. The van der Waals surface area contributed by atoms with Crippen LogP contribution in [-0.2, 0) is 20.8 Å². The van der Waals surface area contributed by atoms with E-state index in [0.29, 0.717) is 44.3 Å². The molecule has 0 bridgehead atoms. The van der Waals surface area contributed by atoms with Crippen molar-refractivity contribution in [2.24, 2.45) is 5.92 Å². The average Bonchev–Trinajstić information content (AvgIpc) is 2.77. The highest BCUT2D eigenvalue weighted by Crippen LogP contribution is 2.21. The summed E-state index contributed by atoms with van der Waals surface area (Å²) < 4.78 is 0. The molecule has 2 aromatic rings. The number of carbonyl (C=O) groups excluding carboxylic acids is 2. The van der Waals surface area contributed by atoms with Crippen molar-refractivity contribution < 1.29 is 19.5 Å². The summed E-state index contributed by atoms with van der Waals surface area (Å²) in [4.78, 5) is 38.4. The van der Waals surface area contributed by atoms with Crippen LogP contribution in [0.15, 0.2) is 60.7 Å². The van der Waals surface area contributed by atoms with Crippen molar-refractivity contribution in [3.8, 4) is 0 Å². The van der Waals surface area contributed by atoms with Crippen LogP contribution in [0.1, 0.15) is 36.4 Å². The summed E-state index contributed by atoms with van der Waals surface area (Å²) in [6.07, 6.45) is 2.25. The Kier molecular flexibility index (Phi) is 7.00. The molecule has 0 unspecified atom stereocenters. The predicted molar refractivity (Wildman–Crippen MR) is 109 cm³/mol. The Morgan fingerprint density at radius 2 is 1.55 bits per heavy atom. The van der Waals surface area contributed by atoms with E-state index in [1.165, 1.54) is 0 Å². The van der Waals surface area contributed by atoms with E-state index in [4.69, 9.17) is 0 Å². The van der Waals surface area contributed by atoms with Crippen LogP contribution in [0.25, 0.3) is 0 Å². The van der Waals surface area contributed by atoms with Gasteiger partial charge in [0.1, 0.15) is 0 Å². The summed E-state index contributed by atoms with van der Waals surface area (Å²) in [5.74, 6) is -1.53. The first-order valence-electron chi connectivity index (χ1n) is 9.94. The molecule has 0 radical (unpaired) electrons. The van der Waals surface area contributed by atoms with Gasteiger partial charge in [-0.05, 0) is 30.4 Å². The van der Waals surface area contributed by atoms with Gasteiger partial charge in [-0.15, -0.1) is 0 Å². The molecule has 1 fully saturated rings. The molecule has 6 heteroatoms. The van der Waals surface area contributed by atoms with E-state index < -0.39 is 12.0 Å². The summed E-state index contributed by atoms with van der Waals surface area (Å²) in [6, 6.07) is 17.5. The number of nitrogens with one attached hydrogen (secondary N) is 1. The van der Waals surface area contributed by atoms with Gasteiger partial charge in [0.2, 0.25) is 11.8 Å². The summed E-state index contributed by atoms with van der Waals surface area (Å²) in [7, 11) is 0. The van der Waals surface area contributed by atoms with Crippen molar-refractivity contribution in [3.63, 3.8) is 0 Å². The number of carboxylic acids is 1. The summed E-state index contributed by atoms with van der Waals surface area (Å²) in [5.41, 5.74) is 1.68. The second-order valence-electron chi connectivity index (χ2n) is 7.33. The van der Waals surface area contributed by atoms with Gasteiger partial charge in [-0.1, -0.05) is 60.7 Å². The van der Waals surface area contributed by atoms with Crippen LogP contribution < -0.4 is 5.32 Å². The fraction of sp³-hybridized carbons (Fsp3) is 0.348. The third-order valence-electron chi connectivity index (χ3n) is 5.36. The molecular weight excluding hydrogens is 368 g/mol. The molecule has 2 N–H and O–H groups in total. The summed E-state index contributed by atoms with van der Waals surface area (Å²) >= 11 is 0. The maximum atomic E-state index is 12.6. The van der Waals surface area contributed by atoms with Gasteiger partial charge < -0.3 is 15.3 Å². The molecule has 1 saturated heterocycles. The van der Waals surface area contributed by atoms with E-state index >= 15 is 0 Å². The number of hydrogen-bond donors (Lipinski definition) is 2. The molecule has 2 aromatic carbocycles. The molecule has 0 saturated carbocycles. The maximum absolute atomic E-state index is 12.6. The first kappa shape index (κ1) is 20.6. The number of carbonyl (C=O) groups is 3. The molecule has 1 aliphatic rings. The Morgan fingerprint density at radius 1 is 0.966 bits per heavy atom. The van der Waals surface area contributed by atoms with Crippen LogP contribution in [-0.4, -0.2) is 40.9 Å².